The number of aromatic nitrogens is 6. The highest BCUT2D eigenvalue weighted by atomic mass is 16.8. The zero-order valence-electron chi connectivity index (χ0n) is 25.6. The summed E-state index contributed by atoms with van der Waals surface area (Å²) in [6.45, 7) is -0.661. The highest BCUT2D eigenvalue weighted by Gasteiger charge is 2.54. The summed E-state index contributed by atoms with van der Waals surface area (Å²) in [5.74, 6) is -1.87. The summed E-state index contributed by atoms with van der Waals surface area (Å²) in [6, 6.07) is 18.8. The predicted octanol–water partition coefficient (Wildman–Crippen LogP) is -2.05. The number of aldehydes is 1. The van der Waals surface area contributed by atoms with Gasteiger partial charge in [0.1, 0.15) is 49.3 Å². The van der Waals surface area contributed by atoms with E-state index in [0.717, 1.165) is 28.4 Å². The molecule has 2 unspecified atom stereocenters. The van der Waals surface area contributed by atoms with Gasteiger partial charge in [0.25, 0.3) is 11.8 Å². The molecular formula is C30H35N8O11+. The number of ether oxygens (including phenoxy) is 4. The van der Waals surface area contributed by atoms with Gasteiger partial charge in [-0.3, -0.25) is 14.4 Å². The van der Waals surface area contributed by atoms with Crippen molar-refractivity contribution in [3.63, 3.8) is 0 Å². The number of amides is 2. The van der Waals surface area contributed by atoms with Gasteiger partial charge in [-0.15, -0.1) is 10.2 Å². The molecule has 0 aliphatic carbocycles. The molecule has 3 aliphatic heterocycles. The Morgan fingerprint density at radius 3 is 1.71 bits per heavy atom. The van der Waals surface area contributed by atoms with Gasteiger partial charge in [-0.1, -0.05) is 48.5 Å². The molecular weight excluding hydrogens is 648 g/mol. The number of carbonyl (C=O) groups is 2. The molecule has 2 amide bonds. The maximum absolute atomic E-state index is 11.2. The predicted molar refractivity (Wildman–Crippen MR) is 164 cm³/mol. The Bertz CT molecular complexity index is 1690. The molecule has 0 spiro atoms. The summed E-state index contributed by atoms with van der Waals surface area (Å²) in [7, 11) is 0. The van der Waals surface area contributed by atoms with Crippen LogP contribution in [0.25, 0.3) is 0 Å². The normalized spacial score (nSPS) is 28.4. The molecule has 3 aliphatic rings. The van der Waals surface area contributed by atoms with E-state index in [2.05, 4.69) is 20.2 Å². The zero-order valence-corrected chi connectivity index (χ0v) is 25.6. The summed E-state index contributed by atoms with van der Waals surface area (Å²) >= 11 is 0. The van der Waals surface area contributed by atoms with E-state index in [9.17, 15) is 24.9 Å². The van der Waals surface area contributed by atoms with Crippen LogP contribution in [0.5, 0.6) is 0 Å². The number of nitrogens with zero attached hydrogens (tertiary/aromatic N) is 6. The summed E-state index contributed by atoms with van der Waals surface area (Å²) in [5.41, 5.74) is 11.9. The first kappa shape index (κ1) is 35.3. The molecule has 2 aromatic carbocycles. The molecule has 9 N–H and O–H groups in total. The van der Waals surface area contributed by atoms with Crippen LogP contribution < -0.4 is 11.5 Å². The van der Waals surface area contributed by atoms with Gasteiger partial charge in [0.05, 0.1) is 18.8 Å². The number of aliphatic hydroxyl groups is 4. The van der Waals surface area contributed by atoms with Crippen molar-refractivity contribution in [2.24, 2.45) is 11.5 Å². The fourth-order valence-corrected chi connectivity index (χ4v) is 5.12. The number of carbonyl (C=O) groups excluding carboxylic acids is 3. The van der Waals surface area contributed by atoms with E-state index in [1.165, 1.54) is 11.0 Å². The molecule has 0 bridgehead atoms. The Hall–Kier alpha value is -4.99. The first-order valence-corrected chi connectivity index (χ1v) is 14.8. The molecule has 0 radical (unpaired) electrons. The average Bonchev–Trinajstić information content (AvgIpc) is 3.96. The standard InChI is InChI=1S/C15H16N4O5.C8H12N4O5.C7H6O/c16-12(21)13-17-7-19(18-13)14-11-10(9(6-20)22-14)23-15(24-11)8-4-2-1-3-5-8;9-6(16)7-10-2-12(11-7)8-5(15)4(14)3(1-13)17-8;8-6-7-4-2-1-3-5-7/h1-5,7,9-11,14-15,20H,6H2,(H2,16,21);2-5,8,13-15H,1H2,(H2,9,16);1-6H/p+1/t9-,10?,11-,14-,15+;3-,4?,5-,8-;/m11./s1. The fraction of sp³-hybridized carbons (Fsp3) is 0.367. The highest BCUT2D eigenvalue weighted by molar-refractivity contribution is 5.88. The van der Waals surface area contributed by atoms with Crippen LogP contribution in [0, 0.1) is 0 Å². The van der Waals surface area contributed by atoms with E-state index in [4.69, 9.17) is 40.3 Å². The second-order valence-electron chi connectivity index (χ2n) is 10.8. The Morgan fingerprint density at radius 2 is 1.24 bits per heavy atom. The van der Waals surface area contributed by atoms with Gasteiger partial charge >= 0.3 is 6.29 Å². The molecule has 19 heteroatoms. The third-order valence-corrected chi connectivity index (χ3v) is 7.54. The smallest absolute Gasteiger partial charge is 0.312 e. The molecule has 2 aromatic heterocycles. The van der Waals surface area contributed by atoms with E-state index in [1.54, 1.807) is 0 Å². The molecule has 4 aromatic rings. The summed E-state index contributed by atoms with van der Waals surface area (Å²) in [5, 5.41) is 45.3. The van der Waals surface area contributed by atoms with Crippen LogP contribution in [0.15, 0.2) is 73.3 Å². The van der Waals surface area contributed by atoms with Gasteiger partial charge in [-0.05, 0) is 12.1 Å². The van der Waals surface area contributed by atoms with Gasteiger partial charge in [0.15, 0.2) is 18.7 Å². The monoisotopic (exact) mass is 683 g/mol. The van der Waals surface area contributed by atoms with Crippen molar-refractivity contribution in [3.8, 4) is 0 Å². The third kappa shape index (κ3) is 8.01. The largest absolute Gasteiger partial charge is 0.394 e. The summed E-state index contributed by atoms with van der Waals surface area (Å²) in [4.78, 5) is 37.8. The van der Waals surface area contributed by atoms with Gasteiger partial charge in [0, 0.05) is 5.56 Å². The molecule has 7 rings (SSSR count). The van der Waals surface area contributed by atoms with Crippen LogP contribution in [0.3, 0.4) is 0 Å². The third-order valence-electron chi connectivity index (χ3n) is 7.54. The molecule has 49 heavy (non-hydrogen) atoms. The average molecular weight is 684 g/mol. The number of fused-ring (bicyclic) bond motifs is 1. The summed E-state index contributed by atoms with van der Waals surface area (Å²) < 4.78 is 25.3. The number of nitrogens with two attached hydrogens (primary N) is 2. The van der Waals surface area contributed by atoms with Crippen LogP contribution in [0.1, 0.15) is 51.1 Å². The van der Waals surface area contributed by atoms with Gasteiger partial charge < -0.3 is 50.8 Å². The first-order chi connectivity index (χ1) is 23.6. The SMILES string of the molecule is NC(=O)c1ncn([C@@H]2O[C@H](CO)C(O)[C@H]2O)n1.NC(=O)c1ncn([C@@H]2O[C@H](CO)C3O[C@H](c4ccccc4)O[C@H]32)n1.[OH+]=Cc1ccccc1. The van der Waals surface area contributed by atoms with E-state index < -0.39 is 73.8 Å². The van der Waals surface area contributed by atoms with Crippen molar-refractivity contribution in [1.29, 1.82) is 0 Å². The quantitative estimate of drug-likeness (QED) is 0.0861. The second kappa shape index (κ2) is 15.9. The minimum Gasteiger partial charge on any atom is -0.394 e. The van der Waals surface area contributed by atoms with E-state index >= 15 is 0 Å². The first-order valence-electron chi connectivity index (χ1n) is 14.8. The number of hydrogen-bond acceptors (Lipinski definition) is 14. The van der Waals surface area contributed by atoms with Crippen molar-refractivity contribution in [1.82, 2.24) is 29.5 Å². The Balaban J connectivity index is 0.000000162. The topological polar surface area (TPSA) is 287 Å². The van der Waals surface area contributed by atoms with E-state index in [-0.39, 0.29) is 18.3 Å². The fourth-order valence-electron chi connectivity index (χ4n) is 5.12. The van der Waals surface area contributed by atoms with Gasteiger partial charge in [-0.2, -0.15) is 0 Å². The van der Waals surface area contributed by atoms with Crippen molar-refractivity contribution >= 4 is 18.1 Å². The maximum Gasteiger partial charge on any atom is 0.312 e. The van der Waals surface area contributed by atoms with Crippen molar-refractivity contribution in [3.05, 3.63) is 96.1 Å². The number of benzene rings is 2. The van der Waals surface area contributed by atoms with Crippen LogP contribution >= 0.6 is 0 Å². The van der Waals surface area contributed by atoms with Crippen molar-refractivity contribution < 1.29 is 53.8 Å². The Morgan fingerprint density at radius 1 is 0.735 bits per heavy atom. The molecule has 0 saturated carbocycles. The van der Waals surface area contributed by atoms with Crippen molar-refractivity contribution in [2.75, 3.05) is 13.2 Å². The van der Waals surface area contributed by atoms with Crippen LogP contribution in [0.4, 0.5) is 0 Å². The molecule has 19 nitrogen and oxygen atoms in total. The molecule has 3 saturated heterocycles. The molecule has 5 heterocycles. The molecule has 9 atom stereocenters. The number of aliphatic hydroxyl groups excluding tert-OH is 4. The Kier molecular flexibility index (Phi) is 11.5. The summed E-state index contributed by atoms with van der Waals surface area (Å²) in [6.07, 6.45) is -3.56. The number of primary amides is 2. The lowest BCUT2D eigenvalue weighted by Gasteiger charge is -2.19. The lowest BCUT2D eigenvalue weighted by molar-refractivity contribution is -0.156. The minimum absolute atomic E-state index is 0.110. The Labute approximate surface area is 277 Å². The van der Waals surface area contributed by atoms with Crippen LogP contribution in [0.2, 0.25) is 0 Å². The van der Waals surface area contributed by atoms with Gasteiger partial charge in [0.2, 0.25) is 11.6 Å². The number of hydrogen-bond donors (Lipinski definition) is 6. The highest BCUT2D eigenvalue weighted by Crippen LogP contribution is 2.43. The van der Waals surface area contributed by atoms with E-state index in [0.29, 0.717) is 0 Å². The second-order valence-corrected chi connectivity index (χ2v) is 10.8. The molecule has 260 valence electrons. The van der Waals surface area contributed by atoms with Gasteiger partial charge in [-0.25, -0.2) is 19.3 Å². The number of rotatable bonds is 8. The van der Waals surface area contributed by atoms with Crippen LogP contribution in [-0.2, 0) is 18.9 Å². The van der Waals surface area contributed by atoms with Crippen molar-refractivity contribution in [2.45, 2.75) is 55.4 Å². The lowest BCUT2D eigenvalue weighted by atomic mass is 10.1. The van der Waals surface area contributed by atoms with E-state index in [1.807, 2.05) is 60.7 Å². The van der Waals surface area contributed by atoms with Crippen LogP contribution in [-0.4, -0.2) is 123 Å². The molecule has 3 fully saturated rings. The lowest BCUT2D eigenvalue weighted by Crippen LogP contribution is -2.33. The maximum atomic E-state index is 11.2. The zero-order chi connectivity index (χ0) is 35.1. The minimum atomic E-state index is -1.27.